The monoisotopic (exact) mass is 489 g/mol. The third-order valence-corrected chi connectivity index (χ3v) is 6.76. The van der Waals surface area contributed by atoms with E-state index in [0.717, 1.165) is 22.3 Å². The largest absolute Gasteiger partial charge is 0.469 e. The van der Waals surface area contributed by atoms with Crippen LogP contribution < -0.4 is 5.56 Å². The lowest BCUT2D eigenvalue weighted by Crippen LogP contribution is -2.34. The van der Waals surface area contributed by atoms with Crippen LogP contribution in [0.5, 0.6) is 0 Å². The Bertz CT molecular complexity index is 1380. The van der Waals surface area contributed by atoms with E-state index in [-0.39, 0.29) is 43.4 Å². The van der Waals surface area contributed by atoms with Gasteiger partial charge in [0.2, 0.25) is 5.91 Å². The molecule has 0 bridgehead atoms. The number of ether oxygens (including phenoxy) is 1. The van der Waals surface area contributed by atoms with Gasteiger partial charge in [-0.2, -0.15) is 0 Å². The van der Waals surface area contributed by atoms with Gasteiger partial charge in [-0.1, -0.05) is 60.2 Å². The normalized spacial score (nSPS) is 10.9. The molecule has 0 N–H and O–H groups in total. The average molecular weight is 490 g/mol. The molecule has 7 nitrogen and oxygen atoms in total. The van der Waals surface area contributed by atoms with Crippen molar-refractivity contribution in [2.45, 2.75) is 32.9 Å². The minimum absolute atomic E-state index is 0.108. The third kappa shape index (κ3) is 5.84. The molecule has 180 valence electrons. The summed E-state index contributed by atoms with van der Waals surface area (Å²) >= 11 is 1.43. The molecule has 0 saturated carbocycles. The molecule has 35 heavy (non-hydrogen) atoms. The average Bonchev–Trinajstić information content (AvgIpc) is 3.31. The number of hydrogen-bond donors (Lipinski definition) is 0. The molecular formula is C27H27N3O4S. The number of benzene rings is 2. The maximum atomic E-state index is 13.3. The Morgan fingerprint density at radius 1 is 1.06 bits per heavy atom. The van der Waals surface area contributed by atoms with Gasteiger partial charge in [0.05, 0.1) is 25.2 Å². The molecule has 0 aliphatic heterocycles. The predicted molar refractivity (Wildman–Crippen MR) is 137 cm³/mol. The molecule has 0 spiro atoms. The topological polar surface area (TPSA) is 81.5 Å². The molecule has 0 radical (unpaired) electrons. The standard InChI is InChI=1S/C27H27N3O4S/c1-19-8-10-21(11-9-19)22-17-35-26-25(22)27(33)30(18-28-26)14-12-23(31)29(15-13-24(32)34-2)16-20-6-4-3-5-7-20/h3-11,17-18H,12-16H2,1-2H3. The Balaban J connectivity index is 1.53. The summed E-state index contributed by atoms with van der Waals surface area (Å²) in [7, 11) is 1.33. The highest BCUT2D eigenvalue weighted by Gasteiger charge is 2.18. The van der Waals surface area contributed by atoms with Gasteiger partial charge in [0.25, 0.3) is 5.56 Å². The number of methoxy groups -OCH3 is 1. The second-order valence-electron chi connectivity index (χ2n) is 8.32. The molecule has 2 aromatic carbocycles. The highest BCUT2D eigenvalue weighted by molar-refractivity contribution is 7.17. The first-order valence-electron chi connectivity index (χ1n) is 11.4. The van der Waals surface area contributed by atoms with E-state index in [0.29, 0.717) is 16.8 Å². The van der Waals surface area contributed by atoms with E-state index < -0.39 is 0 Å². The zero-order valence-corrected chi connectivity index (χ0v) is 20.6. The number of carbonyl (C=O) groups excluding carboxylic acids is 2. The highest BCUT2D eigenvalue weighted by Crippen LogP contribution is 2.30. The van der Waals surface area contributed by atoms with Crippen LogP contribution in [-0.4, -0.2) is 40.0 Å². The molecule has 0 saturated heterocycles. The van der Waals surface area contributed by atoms with Gasteiger partial charge in [-0.05, 0) is 18.1 Å². The van der Waals surface area contributed by atoms with E-state index in [2.05, 4.69) is 4.98 Å². The Morgan fingerprint density at radius 2 is 1.80 bits per heavy atom. The van der Waals surface area contributed by atoms with Crippen LogP contribution in [0.2, 0.25) is 0 Å². The van der Waals surface area contributed by atoms with Crippen LogP contribution >= 0.6 is 11.3 Å². The third-order valence-electron chi connectivity index (χ3n) is 5.87. The molecule has 0 aliphatic rings. The second-order valence-corrected chi connectivity index (χ2v) is 9.17. The van der Waals surface area contributed by atoms with Gasteiger partial charge in [0, 0.05) is 37.0 Å². The van der Waals surface area contributed by atoms with Crippen molar-refractivity contribution in [3.05, 3.63) is 87.8 Å². The fourth-order valence-corrected chi connectivity index (χ4v) is 4.78. The van der Waals surface area contributed by atoms with Gasteiger partial charge in [0.15, 0.2) is 0 Å². The second kappa shape index (κ2) is 11.1. The number of amides is 1. The van der Waals surface area contributed by atoms with Crippen molar-refractivity contribution in [1.82, 2.24) is 14.5 Å². The zero-order chi connectivity index (χ0) is 24.8. The molecule has 4 aromatic rings. The molecule has 4 rings (SSSR count). The van der Waals surface area contributed by atoms with Crippen molar-refractivity contribution in [2.24, 2.45) is 0 Å². The van der Waals surface area contributed by atoms with Gasteiger partial charge in [0.1, 0.15) is 4.83 Å². The predicted octanol–water partition coefficient (Wildman–Crippen LogP) is 4.42. The molecular weight excluding hydrogens is 462 g/mol. The number of nitrogens with zero attached hydrogens (tertiary/aromatic N) is 3. The summed E-state index contributed by atoms with van der Waals surface area (Å²) in [6, 6.07) is 17.6. The molecule has 0 unspecified atom stereocenters. The number of rotatable bonds is 9. The smallest absolute Gasteiger partial charge is 0.307 e. The molecule has 0 aliphatic carbocycles. The van der Waals surface area contributed by atoms with Crippen molar-refractivity contribution in [1.29, 1.82) is 0 Å². The Labute approximate surface area is 207 Å². The first-order valence-corrected chi connectivity index (χ1v) is 12.3. The molecule has 2 heterocycles. The summed E-state index contributed by atoms with van der Waals surface area (Å²) in [5.41, 5.74) is 3.77. The Kier molecular flexibility index (Phi) is 7.72. The van der Waals surface area contributed by atoms with Gasteiger partial charge in [-0.3, -0.25) is 19.0 Å². The molecule has 8 heteroatoms. The van der Waals surface area contributed by atoms with Crippen LogP contribution in [0.25, 0.3) is 21.3 Å². The van der Waals surface area contributed by atoms with Gasteiger partial charge >= 0.3 is 5.97 Å². The van der Waals surface area contributed by atoms with Gasteiger partial charge in [-0.25, -0.2) is 4.98 Å². The lowest BCUT2D eigenvalue weighted by molar-refractivity contribution is -0.142. The summed E-state index contributed by atoms with van der Waals surface area (Å²) in [5.74, 6) is -0.517. The van der Waals surface area contributed by atoms with Crippen molar-refractivity contribution in [3.63, 3.8) is 0 Å². The number of esters is 1. The minimum atomic E-state index is -0.372. The lowest BCUT2D eigenvalue weighted by Gasteiger charge is -2.22. The molecule has 0 fully saturated rings. The van der Waals surface area contributed by atoms with Crippen molar-refractivity contribution >= 4 is 33.4 Å². The van der Waals surface area contributed by atoms with Crippen LogP contribution in [-0.2, 0) is 27.4 Å². The zero-order valence-electron chi connectivity index (χ0n) is 19.8. The van der Waals surface area contributed by atoms with Gasteiger partial charge < -0.3 is 9.64 Å². The van der Waals surface area contributed by atoms with Crippen molar-refractivity contribution < 1.29 is 14.3 Å². The molecule has 0 atom stereocenters. The minimum Gasteiger partial charge on any atom is -0.469 e. The van der Waals surface area contributed by atoms with Crippen LogP contribution in [0.1, 0.15) is 24.0 Å². The van der Waals surface area contributed by atoms with Crippen LogP contribution in [0.15, 0.2) is 71.1 Å². The van der Waals surface area contributed by atoms with Crippen LogP contribution in [0.4, 0.5) is 0 Å². The summed E-state index contributed by atoms with van der Waals surface area (Å²) < 4.78 is 6.23. The first-order chi connectivity index (χ1) is 17.0. The fraction of sp³-hybridized carbons (Fsp3) is 0.259. The first kappa shape index (κ1) is 24.3. The van der Waals surface area contributed by atoms with Crippen LogP contribution in [0, 0.1) is 6.92 Å². The van der Waals surface area contributed by atoms with Crippen molar-refractivity contribution in [3.8, 4) is 11.1 Å². The van der Waals surface area contributed by atoms with E-state index in [4.69, 9.17) is 4.74 Å². The maximum Gasteiger partial charge on any atom is 0.307 e. The summed E-state index contributed by atoms with van der Waals surface area (Å²) in [4.78, 5) is 44.9. The highest BCUT2D eigenvalue weighted by atomic mass is 32.1. The summed E-state index contributed by atoms with van der Waals surface area (Å²) in [6.07, 6.45) is 1.73. The number of hydrogen-bond acceptors (Lipinski definition) is 6. The molecule has 2 aromatic heterocycles. The fourth-order valence-electron chi connectivity index (χ4n) is 3.87. The van der Waals surface area contributed by atoms with E-state index in [1.165, 1.54) is 29.3 Å². The van der Waals surface area contributed by atoms with E-state index in [1.807, 2.05) is 66.9 Å². The molecule has 1 amide bonds. The SMILES string of the molecule is COC(=O)CCN(Cc1ccccc1)C(=O)CCn1cnc2scc(-c3ccc(C)cc3)c2c1=O. The summed E-state index contributed by atoms with van der Waals surface area (Å²) in [5, 5.41) is 2.52. The lowest BCUT2D eigenvalue weighted by atomic mass is 10.1. The van der Waals surface area contributed by atoms with E-state index in [1.54, 1.807) is 4.90 Å². The van der Waals surface area contributed by atoms with E-state index >= 15 is 0 Å². The maximum absolute atomic E-state index is 13.3. The number of thiophene rings is 1. The number of aromatic nitrogens is 2. The Hall–Kier alpha value is -3.78. The number of aryl methyl sites for hydroxylation is 2. The van der Waals surface area contributed by atoms with Gasteiger partial charge in [-0.15, -0.1) is 11.3 Å². The number of carbonyl (C=O) groups is 2. The van der Waals surface area contributed by atoms with Crippen LogP contribution in [0.3, 0.4) is 0 Å². The van der Waals surface area contributed by atoms with E-state index in [9.17, 15) is 14.4 Å². The summed E-state index contributed by atoms with van der Waals surface area (Å²) in [6.45, 7) is 2.85. The Morgan fingerprint density at radius 3 is 2.51 bits per heavy atom. The quantitative estimate of drug-likeness (QED) is 0.325. The van der Waals surface area contributed by atoms with Crippen molar-refractivity contribution in [2.75, 3.05) is 13.7 Å². The number of fused-ring (bicyclic) bond motifs is 1.